The van der Waals surface area contributed by atoms with Crippen LogP contribution in [0.2, 0.25) is 5.02 Å². The smallest absolute Gasteiger partial charge is 0.250 e. The fraction of sp³-hybridized carbons (Fsp3) is 0.469. The number of carbonyl (C=O) groups excluding carboxylic acids is 3. The van der Waals surface area contributed by atoms with Crippen molar-refractivity contribution in [1.82, 2.24) is 20.1 Å². The maximum atomic E-state index is 14.6. The van der Waals surface area contributed by atoms with Crippen molar-refractivity contribution < 1.29 is 14.4 Å². The Morgan fingerprint density at radius 3 is 2.56 bits per heavy atom. The van der Waals surface area contributed by atoms with Gasteiger partial charge in [-0.25, -0.2) is 0 Å². The zero-order valence-corrected chi connectivity index (χ0v) is 25.1. The maximum Gasteiger partial charge on any atom is 0.250 e. The number of amides is 3. The summed E-state index contributed by atoms with van der Waals surface area (Å²) in [6.07, 6.45) is 3.96. The minimum Gasteiger partial charge on any atom is -0.361 e. The number of aromatic nitrogens is 1. The number of halogens is 1. The molecule has 5 rings (SSSR count). The van der Waals surface area contributed by atoms with E-state index in [4.69, 9.17) is 11.6 Å². The molecule has 0 saturated carbocycles. The molecule has 0 radical (unpaired) electrons. The highest BCUT2D eigenvalue weighted by molar-refractivity contribution is 6.30. The van der Waals surface area contributed by atoms with Crippen molar-refractivity contribution in [3.05, 3.63) is 64.8 Å². The van der Waals surface area contributed by atoms with Crippen LogP contribution in [0.3, 0.4) is 0 Å². The maximum absolute atomic E-state index is 14.6. The Balaban J connectivity index is 1.47. The number of hydrogen-bond donors (Lipinski definition) is 2. The van der Waals surface area contributed by atoms with Gasteiger partial charge in [-0.3, -0.25) is 14.4 Å². The Labute approximate surface area is 247 Å². The number of aromatic amines is 1. The lowest BCUT2D eigenvalue weighted by atomic mass is 9.87. The van der Waals surface area contributed by atoms with Crippen molar-refractivity contribution in [2.24, 2.45) is 11.8 Å². The van der Waals surface area contributed by atoms with Crippen molar-refractivity contribution >= 4 is 45.9 Å². The Morgan fingerprint density at radius 2 is 1.85 bits per heavy atom. The van der Waals surface area contributed by atoms with Gasteiger partial charge in [-0.1, -0.05) is 36.7 Å². The third kappa shape index (κ3) is 6.28. The Morgan fingerprint density at radius 1 is 1.12 bits per heavy atom. The number of anilines is 1. The van der Waals surface area contributed by atoms with Gasteiger partial charge in [0, 0.05) is 72.7 Å². The van der Waals surface area contributed by atoms with Gasteiger partial charge in [0.2, 0.25) is 17.7 Å². The fourth-order valence-corrected chi connectivity index (χ4v) is 6.70. The number of fused-ring (bicyclic) bond motifs is 2. The van der Waals surface area contributed by atoms with Crippen molar-refractivity contribution in [3.8, 4) is 0 Å². The lowest BCUT2D eigenvalue weighted by Gasteiger charge is -2.39. The van der Waals surface area contributed by atoms with Gasteiger partial charge in [-0.15, -0.1) is 0 Å². The Hall–Kier alpha value is -3.36. The largest absolute Gasteiger partial charge is 0.361 e. The molecule has 3 heterocycles. The summed E-state index contributed by atoms with van der Waals surface area (Å²) in [6, 6.07) is 13.0. The number of nitrogens with one attached hydrogen (secondary N) is 2. The van der Waals surface area contributed by atoms with E-state index in [9.17, 15) is 14.4 Å². The topological polar surface area (TPSA) is 88.8 Å². The second-order valence-electron chi connectivity index (χ2n) is 11.9. The van der Waals surface area contributed by atoms with E-state index in [1.807, 2.05) is 74.6 Å². The standard InChI is InChI=1S/C32H40ClN5O3/c1-20(27-17-34-28-8-6-5-7-26(27)28)30(35-31(40)23-11-13-37(14-12-23)21(2)39)32(41)38-19-22(18-36(3)4)15-24-16-25(33)9-10-29(24)38/h5-10,16-17,20,22-23,30,34H,11-15,18-19H2,1-4H3,(H,35,40)/t20?,22-,30?/m1/s1. The first-order valence-corrected chi connectivity index (χ1v) is 14.9. The molecule has 3 atom stereocenters. The number of carbonyl (C=O) groups is 3. The average molecular weight is 578 g/mol. The summed E-state index contributed by atoms with van der Waals surface area (Å²) in [7, 11) is 4.08. The SMILES string of the molecule is CC(=O)N1CCC(C(=O)NC(C(=O)N2C[C@@H](CN(C)C)Cc3cc(Cl)ccc32)C(C)c2c[nH]c3ccccc23)CC1. The van der Waals surface area contributed by atoms with E-state index >= 15 is 0 Å². The predicted molar refractivity (Wildman–Crippen MR) is 163 cm³/mol. The average Bonchev–Trinajstić information content (AvgIpc) is 3.38. The number of rotatable bonds is 7. The predicted octanol–water partition coefficient (Wildman–Crippen LogP) is 4.44. The highest BCUT2D eigenvalue weighted by atomic mass is 35.5. The molecule has 3 aromatic rings. The lowest BCUT2D eigenvalue weighted by molar-refractivity contribution is -0.135. The minimum atomic E-state index is -0.769. The van der Waals surface area contributed by atoms with E-state index in [-0.39, 0.29) is 35.5 Å². The molecule has 0 bridgehead atoms. The third-order valence-corrected chi connectivity index (χ3v) is 8.89. The van der Waals surface area contributed by atoms with Crippen LogP contribution < -0.4 is 10.2 Å². The summed E-state index contributed by atoms with van der Waals surface area (Å²) in [5.74, 6) is -0.521. The van der Waals surface area contributed by atoms with Crippen LogP contribution in [-0.4, -0.2) is 78.8 Å². The van der Waals surface area contributed by atoms with E-state index in [1.54, 1.807) is 11.8 Å². The zero-order chi connectivity index (χ0) is 29.3. The van der Waals surface area contributed by atoms with Crippen LogP contribution in [0, 0.1) is 11.8 Å². The molecular weight excluding hydrogens is 538 g/mol. The minimum absolute atomic E-state index is 0.0287. The molecule has 41 heavy (non-hydrogen) atoms. The van der Waals surface area contributed by atoms with Gasteiger partial charge < -0.3 is 25.0 Å². The zero-order valence-electron chi connectivity index (χ0n) is 24.3. The van der Waals surface area contributed by atoms with Crippen LogP contribution in [0.1, 0.15) is 43.7 Å². The van der Waals surface area contributed by atoms with Crippen LogP contribution in [0.25, 0.3) is 10.9 Å². The first-order chi connectivity index (χ1) is 19.6. The van der Waals surface area contributed by atoms with E-state index in [0.717, 1.165) is 40.7 Å². The summed E-state index contributed by atoms with van der Waals surface area (Å²) < 4.78 is 0. The van der Waals surface area contributed by atoms with Crippen molar-refractivity contribution in [1.29, 1.82) is 0 Å². The summed E-state index contributed by atoms with van der Waals surface area (Å²) in [4.78, 5) is 49.2. The molecule has 2 aliphatic heterocycles. The van der Waals surface area contributed by atoms with E-state index in [1.165, 1.54) is 0 Å². The highest BCUT2D eigenvalue weighted by Crippen LogP contribution is 2.35. The number of likely N-dealkylation sites (tertiary alicyclic amines) is 1. The number of H-pyrrole nitrogens is 1. The molecule has 2 N–H and O–H groups in total. The van der Waals surface area contributed by atoms with Gasteiger partial charge in [-0.05, 0) is 74.7 Å². The second kappa shape index (κ2) is 12.2. The van der Waals surface area contributed by atoms with E-state index in [2.05, 4.69) is 15.2 Å². The summed E-state index contributed by atoms with van der Waals surface area (Å²) in [5.41, 5.74) is 3.89. The van der Waals surface area contributed by atoms with Crippen LogP contribution >= 0.6 is 11.6 Å². The molecule has 3 amide bonds. The molecule has 1 fully saturated rings. The first-order valence-electron chi connectivity index (χ1n) is 14.5. The molecule has 0 aliphatic carbocycles. The van der Waals surface area contributed by atoms with Crippen LogP contribution in [0.5, 0.6) is 0 Å². The number of nitrogens with zero attached hydrogens (tertiary/aromatic N) is 3. The van der Waals surface area contributed by atoms with Crippen LogP contribution in [0.4, 0.5) is 5.69 Å². The quantitative estimate of drug-likeness (QED) is 0.435. The molecule has 0 spiro atoms. The number of para-hydroxylation sites is 1. The monoisotopic (exact) mass is 577 g/mol. The van der Waals surface area contributed by atoms with Gasteiger partial charge in [0.05, 0.1) is 0 Å². The van der Waals surface area contributed by atoms with Gasteiger partial charge in [0.15, 0.2) is 0 Å². The van der Waals surface area contributed by atoms with Crippen molar-refractivity contribution in [2.45, 2.75) is 45.1 Å². The lowest BCUT2D eigenvalue weighted by Crippen LogP contribution is -2.55. The fourth-order valence-electron chi connectivity index (χ4n) is 6.51. The van der Waals surface area contributed by atoms with Crippen LogP contribution in [-0.2, 0) is 20.8 Å². The van der Waals surface area contributed by atoms with Gasteiger partial charge >= 0.3 is 0 Å². The highest BCUT2D eigenvalue weighted by Gasteiger charge is 2.38. The number of piperidine rings is 1. The molecule has 2 aliphatic rings. The third-order valence-electron chi connectivity index (χ3n) is 8.66. The second-order valence-corrected chi connectivity index (χ2v) is 12.3. The van der Waals surface area contributed by atoms with E-state index in [0.29, 0.717) is 37.5 Å². The first kappa shape index (κ1) is 29.1. The van der Waals surface area contributed by atoms with E-state index < -0.39 is 6.04 Å². The van der Waals surface area contributed by atoms with Crippen molar-refractivity contribution in [3.63, 3.8) is 0 Å². The molecule has 9 heteroatoms. The Kier molecular flexibility index (Phi) is 8.71. The molecular formula is C32H40ClN5O3. The van der Waals surface area contributed by atoms with Gasteiger partial charge in [0.1, 0.15) is 6.04 Å². The van der Waals surface area contributed by atoms with Crippen molar-refractivity contribution in [2.75, 3.05) is 45.2 Å². The molecule has 218 valence electrons. The molecule has 8 nitrogen and oxygen atoms in total. The molecule has 1 aromatic heterocycles. The molecule has 2 aromatic carbocycles. The summed E-state index contributed by atoms with van der Waals surface area (Å²) >= 11 is 6.38. The normalized spacial score (nSPS) is 19.2. The number of hydrogen-bond acceptors (Lipinski definition) is 4. The summed E-state index contributed by atoms with van der Waals surface area (Å²) in [5, 5.41) is 4.88. The van der Waals surface area contributed by atoms with Gasteiger partial charge in [-0.2, -0.15) is 0 Å². The summed E-state index contributed by atoms with van der Waals surface area (Å²) in [6.45, 7) is 6.08. The molecule has 2 unspecified atom stereocenters. The van der Waals surface area contributed by atoms with Crippen LogP contribution in [0.15, 0.2) is 48.7 Å². The number of benzene rings is 2. The molecule has 1 saturated heterocycles. The van der Waals surface area contributed by atoms with Gasteiger partial charge in [0.25, 0.3) is 0 Å². The Bertz CT molecular complexity index is 1430.